The molecule has 0 bridgehead atoms. The van der Waals surface area contributed by atoms with Crippen molar-refractivity contribution in [2.45, 2.75) is 25.2 Å². The van der Waals surface area contributed by atoms with Crippen LogP contribution in [0.25, 0.3) is 32.5 Å². The van der Waals surface area contributed by atoms with Crippen LogP contribution in [0.5, 0.6) is 0 Å². The van der Waals surface area contributed by atoms with Crippen LogP contribution in [0.4, 0.5) is 0 Å². The molecule has 5 heterocycles. The zero-order valence-electron chi connectivity index (χ0n) is 17.4. The van der Waals surface area contributed by atoms with Gasteiger partial charge in [0.05, 0.1) is 17.2 Å². The van der Waals surface area contributed by atoms with Crippen LogP contribution in [0.15, 0.2) is 30.6 Å². The van der Waals surface area contributed by atoms with Crippen LogP contribution in [0.1, 0.15) is 40.4 Å². The fourth-order valence-corrected chi connectivity index (χ4v) is 5.33. The number of carbonyl (C=O) groups excluding carboxylic acids is 1. The molecule has 158 valence electrons. The molecule has 2 aliphatic rings. The number of ether oxygens (including phenoxy) is 1. The zero-order valence-corrected chi connectivity index (χ0v) is 18.2. The highest BCUT2D eigenvalue weighted by Gasteiger charge is 2.29. The smallest absolute Gasteiger partial charge is 0.264 e. The molecule has 31 heavy (non-hydrogen) atoms. The molecule has 0 spiro atoms. The lowest BCUT2D eigenvalue weighted by Crippen LogP contribution is -2.32. The second kappa shape index (κ2) is 7.39. The summed E-state index contributed by atoms with van der Waals surface area (Å²) < 4.78 is 7.29. The normalized spacial score (nSPS) is 17.4. The van der Waals surface area contributed by atoms with Crippen LogP contribution in [0, 0.1) is 0 Å². The molecule has 8 heteroatoms. The third-order valence-electron chi connectivity index (χ3n) is 6.04. The predicted octanol–water partition coefficient (Wildman–Crippen LogP) is 3.98. The Bertz CT molecular complexity index is 1300. The lowest BCUT2D eigenvalue weighted by atomic mass is 10.0. The molecule has 2 fully saturated rings. The van der Waals surface area contributed by atoms with Gasteiger partial charge in [-0.2, -0.15) is 5.10 Å². The lowest BCUT2D eigenvalue weighted by molar-refractivity contribution is 0.0746. The molecular weight excluding hydrogens is 410 g/mol. The second-order valence-electron chi connectivity index (χ2n) is 8.40. The maximum Gasteiger partial charge on any atom is 0.264 e. The van der Waals surface area contributed by atoms with Crippen molar-refractivity contribution >= 4 is 38.5 Å². The number of thiophene rings is 1. The number of hydrogen-bond acceptors (Lipinski definition) is 6. The SMILES string of the molecule is Cn1cc2cc(-c3cc(C4CC4)c4cc(C(=O)N5CCCOCC5)sc4n3)cnc2n1. The second-order valence-corrected chi connectivity index (χ2v) is 9.43. The highest BCUT2D eigenvalue weighted by Crippen LogP contribution is 2.45. The summed E-state index contributed by atoms with van der Waals surface area (Å²) in [4.78, 5) is 26.2. The highest BCUT2D eigenvalue weighted by atomic mass is 32.1. The van der Waals surface area contributed by atoms with Crippen LogP contribution in [0.3, 0.4) is 0 Å². The van der Waals surface area contributed by atoms with Gasteiger partial charge in [-0.1, -0.05) is 0 Å². The summed E-state index contributed by atoms with van der Waals surface area (Å²) in [5, 5.41) is 6.49. The van der Waals surface area contributed by atoms with Crippen molar-refractivity contribution in [1.29, 1.82) is 0 Å². The van der Waals surface area contributed by atoms with Crippen molar-refractivity contribution in [3.63, 3.8) is 0 Å². The van der Waals surface area contributed by atoms with Gasteiger partial charge in [0.1, 0.15) is 4.83 Å². The Morgan fingerprint density at radius 2 is 2.10 bits per heavy atom. The van der Waals surface area contributed by atoms with E-state index in [1.54, 1.807) is 4.68 Å². The maximum absolute atomic E-state index is 13.2. The Morgan fingerprint density at radius 3 is 2.97 bits per heavy atom. The molecule has 0 atom stereocenters. The van der Waals surface area contributed by atoms with Crippen molar-refractivity contribution in [3.05, 3.63) is 41.0 Å². The Balaban J connectivity index is 1.42. The number of aryl methyl sites for hydroxylation is 1. The molecular formula is C23H23N5O2S. The van der Waals surface area contributed by atoms with Gasteiger partial charge in [0.2, 0.25) is 0 Å². The van der Waals surface area contributed by atoms with E-state index >= 15 is 0 Å². The minimum Gasteiger partial charge on any atom is -0.380 e. The van der Waals surface area contributed by atoms with E-state index in [0.29, 0.717) is 19.1 Å². The van der Waals surface area contributed by atoms with E-state index < -0.39 is 0 Å². The zero-order chi connectivity index (χ0) is 20.9. The monoisotopic (exact) mass is 433 g/mol. The first-order valence-corrected chi connectivity index (χ1v) is 11.6. The molecule has 6 rings (SSSR count). The molecule has 1 aliphatic heterocycles. The molecule has 0 aromatic carbocycles. The number of aromatic nitrogens is 4. The van der Waals surface area contributed by atoms with Gasteiger partial charge >= 0.3 is 0 Å². The third kappa shape index (κ3) is 3.49. The first-order chi connectivity index (χ1) is 15.2. The van der Waals surface area contributed by atoms with Gasteiger partial charge in [-0.15, -0.1) is 11.3 Å². The Hall–Kier alpha value is -2.84. The van der Waals surface area contributed by atoms with E-state index in [1.807, 2.05) is 24.3 Å². The summed E-state index contributed by atoms with van der Waals surface area (Å²) in [6, 6.07) is 6.35. The fourth-order valence-electron chi connectivity index (χ4n) is 4.30. The first-order valence-electron chi connectivity index (χ1n) is 10.8. The van der Waals surface area contributed by atoms with E-state index in [4.69, 9.17) is 9.72 Å². The van der Waals surface area contributed by atoms with Crippen LogP contribution in [0.2, 0.25) is 0 Å². The summed E-state index contributed by atoms with van der Waals surface area (Å²) in [7, 11) is 1.90. The van der Waals surface area contributed by atoms with Crippen LogP contribution < -0.4 is 0 Å². The van der Waals surface area contributed by atoms with Gasteiger partial charge in [0, 0.05) is 55.5 Å². The van der Waals surface area contributed by atoms with Crippen LogP contribution in [-0.4, -0.2) is 56.9 Å². The first kappa shape index (κ1) is 18.9. The van der Waals surface area contributed by atoms with E-state index in [0.717, 1.165) is 57.0 Å². The number of nitrogens with zero attached hydrogens (tertiary/aromatic N) is 5. The summed E-state index contributed by atoms with van der Waals surface area (Å²) in [5.74, 6) is 0.652. The largest absolute Gasteiger partial charge is 0.380 e. The lowest BCUT2D eigenvalue weighted by Gasteiger charge is -2.18. The van der Waals surface area contributed by atoms with Crippen molar-refractivity contribution in [2.24, 2.45) is 7.05 Å². The molecule has 0 radical (unpaired) electrons. The summed E-state index contributed by atoms with van der Waals surface area (Å²) in [6.45, 7) is 2.73. The Labute approximate surface area is 183 Å². The standard InChI is InChI=1S/C23H23N5O2S/c1-27-13-16-9-15(12-24-21(16)26-27)19-10-17(14-3-4-14)18-11-20(31-22(18)25-19)23(29)28-5-2-7-30-8-6-28/h9-14H,2-8H2,1H3. The average Bonchev–Trinajstić information content (AvgIpc) is 3.49. The van der Waals surface area contributed by atoms with E-state index in [2.05, 4.69) is 28.3 Å². The fraction of sp³-hybridized carbons (Fsp3) is 0.391. The predicted molar refractivity (Wildman–Crippen MR) is 120 cm³/mol. The molecule has 0 unspecified atom stereocenters. The van der Waals surface area contributed by atoms with E-state index in [-0.39, 0.29) is 5.91 Å². The minimum atomic E-state index is 0.0928. The number of fused-ring (bicyclic) bond motifs is 2. The molecule has 1 aliphatic carbocycles. The van der Waals surface area contributed by atoms with Gasteiger partial charge in [0.15, 0.2) is 5.65 Å². The Kier molecular flexibility index (Phi) is 4.50. The Morgan fingerprint density at radius 1 is 1.19 bits per heavy atom. The summed E-state index contributed by atoms with van der Waals surface area (Å²) >= 11 is 1.50. The summed E-state index contributed by atoms with van der Waals surface area (Å²) in [6.07, 6.45) is 7.09. The van der Waals surface area contributed by atoms with Crippen molar-refractivity contribution < 1.29 is 9.53 Å². The van der Waals surface area contributed by atoms with Gasteiger partial charge in [0.25, 0.3) is 5.91 Å². The molecule has 7 nitrogen and oxygen atoms in total. The number of rotatable bonds is 3. The molecule has 0 N–H and O–H groups in total. The minimum absolute atomic E-state index is 0.0928. The maximum atomic E-state index is 13.2. The van der Waals surface area contributed by atoms with E-state index in [9.17, 15) is 4.79 Å². The molecule has 1 saturated heterocycles. The third-order valence-corrected chi connectivity index (χ3v) is 7.06. The van der Waals surface area contributed by atoms with Crippen molar-refractivity contribution in [3.8, 4) is 11.3 Å². The molecule has 1 saturated carbocycles. The van der Waals surface area contributed by atoms with Gasteiger partial charge in [-0.25, -0.2) is 9.97 Å². The van der Waals surface area contributed by atoms with Crippen LogP contribution in [-0.2, 0) is 11.8 Å². The van der Waals surface area contributed by atoms with Gasteiger partial charge < -0.3 is 9.64 Å². The molecule has 4 aromatic heterocycles. The van der Waals surface area contributed by atoms with Gasteiger partial charge in [-0.05, 0) is 48.9 Å². The number of amides is 1. The van der Waals surface area contributed by atoms with Crippen molar-refractivity contribution in [2.75, 3.05) is 26.3 Å². The molecule has 1 amide bonds. The van der Waals surface area contributed by atoms with E-state index in [1.165, 1.54) is 29.7 Å². The average molecular weight is 434 g/mol. The van der Waals surface area contributed by atoms with Gasteiger partial charge in [-0.3, -0.25) is 9.48 Å². The quantitative estimate of drug-likeness (QED) is 0.489. The molecule has 4 aromatic rings. The summed E-state index contributed by atoms with van der Waals surface area (Å²) in [5.41, 5.74) is 3.94. The number of pyridine rings is 2. The highest BCUT2D eigenvalue weighted by molar-refractivity contribution is 7.20. The van der Waals surface area contributed by atoms with Crippen LogP contribution >= 0.6 is 11.3 Å². The van der Waals surface area contributed by atoms with Crippen molar-refractivity contribution in [1.82, 2.24) is 24.6 Å². The number of carbonyl (C=O) groups is 1. The topological polar surface area (TPSA) is 73.1 Å². The number of hydrogen-bond donors (Lipinski definition) is 0.